The fourth-order valence-corrected chi connectivity index (χ4v) is 1.79. The Morgan fingerprint density at radius 1 is 0.933 bits per heavy atom. The van der Waals surface area contributed by atoms with Crippen LogP contribution in [0.3, 0.4) is 0 Å². The fourth-order valence-electron chi connectivity index (χ4n) is 1.60. The zero-order valence-corrected chi connectivity index (χ0v) is 10.1. The second-order valence-electron chi connectivity index (χ2n) is 3.50. The van der Waals surface area contributed by atoms with Crippen LogP contribution in [0.15, 0.2) is 48.5 Å². The van der Waals surface area contributed by atoms with Gasteiger partial charge in [0, 0.05) is 0 Å². The molecule has 0 unspecified atom stereocenters. The first kappa shape index (κ1) is 10.5. The number of aryl methyl sites for hydroxylation is 1. The van der Waals surface area contributed by atoms with Crippen molar-refractivity contribution in [1.29, 1.82) is 0 Å². The summed E-state index contributed by atoms with van der Waals surface area (Å²) in [5.41, 5.74) is 3.64. The van der Waals surface area contributed by atoms with Crippen molar-refractivity contribution >= 4 is 0 Å². The van der Waals surface area contributed by atoms with Gasteiger partial charge in [0.15, 0.2) is 0 Å². The molecule has 0 bridgehead atoms. The molecule has 0 saturated heterocycles. The van der Waals surface area contributed by atoms with Crippen molar-refractivity contribution < 1.29 is 24.1 Å². The van der Waals surface area contributed by atoms with Gasteiger partial charge in [0.1, 0.15) is 0 Å². The van der Waals surface area contributed by atoms with Gasteiger partial charge in [-0.2, -0.15) is 0 Å². The van der Waals surface area contributed by atoms with Gasteiger partial charge >= 0.3 is 102 Å². The summed E-state index contributed by atoms with van der Waals surface area (Å²) in [5.74, 6) is 0.911. The van der Waals surface area contributed by atoms with E-state index in [0.29, 0.717) is 0 Å². The zero-order chi connectivity index (χ0) is 10.7. The maximum atomic E-state index is 5.26. The average Bonchev–Trinajstić information content (AvgIpc) is 2.29. The number of hydrogen-bond donors (Lipinski definition) is 0. The third kappa shape index (κ3) is 2.50. The van der Waals surface area contributed by atoms with Crippen LogP contribution in [-0.2, 0) is 20.8 Å². The predicted molar refractivity (Wildman–Crippen MR) is 57.2 cm³/mol. The molecule has 0 heterocycles. The molecule has 1 nitrogen and oxygen atoms in total. The van der Waals surface area contributed by atoms with Crippen LogP contribution in [0, 0.1) is 6.92 Å². The second-order valence-corrected chi connectivity index (χ2v) is 3.82. The van der Waals surface area contributed by atoms with Gasteiger partial charge in [0.05, 0.1) is 0 Å². The van der Waals surface area contributed by atoms with Crippen molar-refractivity contribution in [3.8, 4) is 16.9 Å². The molecule has 0 fully saturated rings. The van der Waals surface area contributed by atoms with Gasteiger partial charge in [-0.25, -0.2) is 0 Å². The van der Waals surface area contributed by atoms with E-state index in [9.17, 15) is 0 Å². The molecule has 0 amide bonds. The number of rotatable bonds is 2. The van der Waals surface area contributed by atoms with Crippen LogP contribution in [-0.4, -0.2) is 0 Å². The molecule has 0 atom stereocenters. The van der Waals surface area contributed by atoms with Crippen LogP contribution in [0.2, 0.25) is 0 Å². The molecule has 0 aliphatic carbocycles. The van der Waals surface area contributed by atoms with E-state index in [-0.39, 0.29) is 0 Å². The van der Waals surface area contributed by atoms with Gasteiger partial charge in [-0.15, -0.1) is 0 Å². The summed E-state index contributed by atoms with van der Waals surface area (Å²) in [6, 6.07) is 16.6. The quantitative estimate of drug-likeness (QED) is 0.718. The number of hydrogen-bond acceptors (Lipinski definition) is 1. The van der Waals surface area contributed by atoms with Crippen LogP contribution in [0.25, 0.3) is 11.1 Å². The van der Waals surface area contributed by atoms with E-state index in [1.165, 1.54) is 16.7 Å². The normalized spacial score (nSPS) is 9.87. The van der Waals surface area contributed by atoms with Crippen LogP contribution in [0.1, 0.15) is 5.56 Å². The first-order valence-electron chi connectivity index (χ1n) is 4.80. The fraction of sp³-hybridized carbons (Fsp3) is 0.0769. The Kier molecular flexibility index (Phi) is 3.25. The minimum atomic E-state index is 0.911. The van der Waals surface area contributed by atoms with Gasteiger partial charge in [-0.1, -0.05) is 0 Å². The van der Waals surface area contributed by atoms with Crippen LogP contribution >= 0.6 is 0 Å². The summed E-state index contributed by atoms with van der Waals surface area (Å²) in [6.45, 7) is 2.08. The Labute approximate surface area is 102 Å². The van der Waals surface area contributed by atoms with Gasteiger partial charge < -0.3 is 0 Å². The number of benzene rings is 2. The van der Waals surface area contributed by atoms with E-state index in [2.05, 4.69) is 31.2 Å². The molecule has 0 aromatic heterocycles. The van der Waals surface area contributed by atoms with Crippen LogP contribution in [0.4, 0.5) is 0 Å². The van der Waals surface area contributed by atoms with E-state index < -0.39 is 0 Å². The molecule has 73 valence electrons. The Morgan fingerprint density at radius 2 is 1.67 bits per heavy atom. The monoisotopic (exact) mass is 231 g/mol. The van der Waals surface area contributed by atoms with E-state index in [1.54, 1.807) is 20.8 Å². The molecule has 0 radical (unpaired) electrons. The van der Waals surface area contributed by atoms with Crippen molar-refractivity contribution in [1.82, 2.24) is 0 Å². The van der Waals surface area contributed by atoms with Crippen molar-refractivity contribution in [3.63, 3.8) is 0 Å². The summed E-state index contributed by atoms with van der Waals surface area (Å²) in [4.78, 5) is 0. The summed E-state index contributed by atoms with van der Waals surface area (Å²) in [6.07, 6.45) is 0. The molecule has 0 spiro atoms. The van der Waals surface area contributed by atoms with Gasteiger partial charge in [-0.3, -0.25) is 0 Å². The predicted octanol–water partition coefficient (Wildman–Crippen LogP) is 3.50. The summed E-state index contributed by atoms with van der Waals surface area (Å²) in [5, 5.41) is 0. The van der Waals surface area contributed by atoms with Gasteiger partial charge in [-0.05, 0) is 0 Å². The van der Waals surface area contributed by atoms with Crippen LogP contribution in [0.5, 0.6) is 5.75 Å². The van der Waals surface area contributed by atoms with E-state index >= 15 is 0 Å². The van der Waals surface area contributed by atoms with Crippen molar-refractivity contribution in [2.45, 2.75) is 6.92 Å². The summed E-state index contributed by atoms with van der Waals surface area (Å²) < 4.78 is 5.26. The van der Waals surface area contributed by atoms with Crippen molar-refractivity contribution in [3.05, 3.63) is 54.1 Å². The molecule has 0 saturated carbocycles. The Bertz CT molecular complexity index is 451. The minimum absolute atomic E-state index is 0.911. The standard InChI is InChI=1S/C13H12O.Ti/c1-10-7-12(9-13(14)8-10)11-5-3-2-4-6-11;/h2-9,14H,1H3;/q;+1/p-1. The third-order valence-corrected chi connectivity index (χ3v) is 2.64. The van der Waals surface area contributed by atoms with Crippen molar-refractivity contribution in [2.75, 3.05) is 0 Å². The van der Waals surface area contributed by atoms with E-state index in [1.807, 2.05) is 24.3 Å². The first-order valence-corrected chi connectivity index (χ1v) is 5.44. The molecule has 0 aliphatic heterocycles. The maximum absolute atomic E-state index is 5.26. The van der Waals surface area contributed by atoms with E-state index in [4.69, 9.17) is 3.32 Å². The molecule has 0 aliphatic rings. The summed E-state index contributed by atoms with van der Waals surface area (Å²) >= 11 is 1.70. The second kappa shape index (κ2) is 4.65. The SMILES string of the molecule is Cc1cc([O][Ti])cc(-c2ccccc2)c1. The Morgan fingerprint density at radius 3 is 2.33 bits per heavy atom. The molecule has 2 heteroatoms. The van der Waals surface area contributed by atoms with Crippen LogP contribution < -0.4 is 3.32 Å². The molecule has 2 aromatic carbocycles. The topological polar surface area (TPSA) is 9.23 Å². The molecule has 2 aromatic rings. The Hall–Kier alpha value is -1.05. The molecular weight excluding hydrogens is 220 g/mol. The zero-order valence-electron chi connectivity index (χ0n) is 8.53. The molecular formula is C13H11OTi. The molecule has 2 rings (SSSR count). The average molecular weight is 231 g/mol. The van der Waals surface area contributed by atoms with Gasteiger partial charge in [0.2, 0.25) is 0 Å². The molecule has 0 N–H and O–H groups in total. The summed E-state index contributed by atoms with van der Waals surface area (Å²) in [7, 11) is 0. The van der Waals surface area contributed by atoms with E-state index in [0.717, 1.165) is 5.75 Å². The van der Waals surface area contributed by atoms with Gasteiger partial charge in [0.25, 0.3) is 0 Å². The van der Waals surface area contributed by atoms with Crippen molar-refractivity contribution in [2.24, 2.45) is 0 Å². The third-order valence-electron chi connectivity index (χ3n) is 2.28. The first-order chi connectivity index (χ1) is 7.29. The molecule has 15 heavy (non-hydrogen) atoms. The Balaban J connectivity index is 2.49.